The third-order valence-electron chi connectivity index (χ3n) is 1.00. The molecule has 4 nitrogen and oxygen atoms in total. The third-order valence-corrected chi connectivity index (χ3v) is 1.37. The highest BCUT2D eigenvalue weighted by atomic mass is 79.9. The lowest BCUT2D eigenvalue weighted by Gasteiger charge is -2.07. The Bertz CT molecular complexity index is 182. The maximum absolute atomic E-state index is 10.9. The van der Waals surface area contributed by atoms with Crippen LogP contribution in [0, 0.1) is 0 Å². The number of halogens is 1. The van der Waals surface area contributed by atoms with E-state index in [-0.39, 0.29) is 17.4 Å². The topological polar surface area (TPSA) is 47.6 Å². The predicted molar refractivity (Wildman–Crippen MR) is 53.2 cm³/mol. The zero-order valence-corrected chi connectivity index (χ0v) is 9.39. The quantitative estimate of drug-likeness (QED) is 0.335. The van der Waals surface area contributed by atoms with E-state index in [9.17, 15) is 4.79 Å². The van der Waals surface area contributed by atoms with Crippen molar-refractivity contribution in [2.75, 3.05) is 13.2 Å². The van der Waals surface area contributed by atoms with E-state index >= 15 is 0 Å². The van der Waals surface area contributed by atoms with Crippen LogP contribution in [0.4, 0.5) is 0 Å². The average molecular weight is 252 g/mol. The van der Waals surface area contributed by atoms with Gasteiger partial charge in [0.25, 0.3) is 0 Å². The van der Waals surface area contributed by atoms with E-state index in [0.29, 0.717) is 12.3 Å². The minimum absolute atomic E-state index is 0.231. The number of carbonyl (C=O) groups excluding carboxylic acids is 1. The summed E-state index contributed by atoms with van der Waals surface area (Å²) in [6.45, 7) is 7.57. The number of rotatable bonds is 6. The molecule has 76 valence electrons. The van der Waals surface area contributed by atoms with Crippen molar-refractivity contribution in [2.45, 2.75) is 18.7 Å². The first-order chi connectivity index (χ1) is 6.04. The van der Waals surface area contributed by atoms with Gasteiger partial charge in [-0.3, -0.25) is 15.1 Å². The van der Waals surface area contributed by atoms with Crippen molar-refractivity contribution in [2.24, 2.45) is 0 Å². The molecule has 0 bridgehead atoms. The molecule has 0 aromatic rings. The lowest BCUT2D eigenvalue weighted by Crippen LogP contribution is -2.20. The molecule has 0 radical (unpaired) electrons. The fraction of sp³-hybridized carbons (Fsp3) is 0.625. The van der Waals surface area contributed by atoms with Gasteiger partial charge in [-0.15, -0.1) is 0 Å². The van der Waals surface area contributed by atoms with E-state index < -0.39 is 0 Å². The third kappa shape index (κ3) is 7.80. The van der Waals surface area contributed by atoms with Gasteiger partial charge in [-0.2, -0.15) is 0 Å². The highest BCUT2D eigenvalue weighted by Gasteiger charge is 2.08. The van der Waals surface area contributed by atoms with Gasteiger partial charge in [0, 0.05) is 5.70 Å². The summed E-state index contributed by atoms with van der Waals surface area (Å²) in [5.74, 6) is -0.293. The van der Waals surface area contributed by atoms with Crippen molar-refractivity contribution in [1.82, 2.24) is 5.48 Å². The van der Waals surface area contributed by atoms with Crippen molar-refractivity contribution in [3.63, 3.8) is 0 Å². The molecule has 0 aromatic carbocycles. The molecule has 0 saturated heterocycles. The Kier molecular flexibility index (Phi) is 6.62. The summed E-state index contributed by atoms with van der Waals surface area (Å²) in [6, 6.07) is 0. The van der Waals surface area contributed by atoms with Crippen LogP contribution in [0.5, 0.6) is 0 Å². The summed E-state index contributed by atoms with van der Waals surface area (Å²) >= 11 is 3.09. The number of hydrogen-bond acceptors (Lipinski definition) is 4. The molecule has 13 heavy (non-hydrogen) atoms. The molecule has 0 aliphatic carbocycles. The minimum Gasteiger partial charge on any atom is -0.462 e. The second-order valence-electron chi connectivity index (χ2n) is 2.51. The van der Waals surface area contributed by atoms with Gasteiger partial charge < -0.3 is 4.74 Å². The van der Waals surface area contributed by atoms with Crippen LogP contribution in [-0.4, -0.2) is 24.0 Å². The van der Waals surface area contributed by atoms with Crippen molar-refractivity contribution < 1.29 is 14.4 Å². The fourth-order valence-corrected chi connectivity index (χ4v) is 0.605. The maximum Gasteiger partial charge on any atom is 0.319 e. The number of alkyl halides is 1. The van der Waals surface area contributed by atoms with Gasteiger partial charge in [-0.1, -0.05) is 22.5 Å². The number of hydrogen-bond donors (Lipinski definition) is 1. The van der Waals surface area contributed by atoms with Crippen LogP contribution in [-0.2, 0) is 14.4 Å². The molecule has 0 aliphatic rings. The lowest BCUT2D eigenvalue weighted by molar-refractivity contribution is -0.144. The molecule has 0 rings (SSSR count). The summed E-state index contributed by atoms with van der Waals surface area (Å²) in [5.41, 5.74) is 3.26. The standard InChI is InChI=1S/C8H14BrNO3/c1-6(2)10-13-5-4-12-8(11)7(3)9/h7,10H,1,4-5H2,2-3H3. The first-order valence-corrected chi connectivity index (χ1v) is 4.79. The summed E-state index contributed by atoms with van der Waals surface area (Å²) in [6.07, 6.45) is 0. The van der Waals surface area contributed by atoms with E-state index in [1.807, 2.05) is 0 Å². The zero-order valence-electron chi connectivity index (χ0n) is 7.80. The van der Waals surface area contributed by atoms with Gasteiger partial charge in [0.1, 0.15) is 18.0 Å². The van der Waals surface area contributed by atoms with Crippen molar-refractivity contribution in [1.29, 1.82) is 0 Å². The number of hydroxylamine groups is 1. The van der Waals surface area contributed by atoms with E-state index in [2.05, 4.69) is 28.0 Å². The van der Waals surface area contributed by atoms with Crippen molar-refractivity contribution >= 4 is 21.9 Å². The van der Waals surface area contributed by atoms with Gasteiger partial charge in [0.2, 0.25) is 0 Å². The Morgan fingerprint density at radius 3 is 2.69 bits per heavy atom. The number of carbonyl (C=O) groups is 1. The molecule has 0 amide bonds. The average Bonchev–Trinajstić information content (AvgIpc) is 2.02. The normalized spacial score (nSPS) is 11.9. The molecule has 0 fully saturated rings. The zero-order chi connectivity index (χ0) is 10.3. The van der Waals surface area contributed by atoms with Crippen LogP contribution in [0.2, 0.25) is 0 Å². The smallest absolute Gasteiger partial charge is 0.319 e. The van der Waals surface area contributed by atoms with Crippen LogP contribution >= 0.6 is 15.9 Å². The summed E-state index contributed by atoms with van der Waals surface area (Å²) < 4.78 is 4.80. The van der Waals surface area contributed by atoms with E-state index in [0.717, 1.165) is 0 Å². The van der Waals surface area contributed by atoms with Gasteiger partial charge >= 0.3 is 5.97 Å². The molecule has 1 atom stereocenters. The molecule has 0 aromatic heterocycles. The molecular formula is C8H14BrNO3. The Labute approximate surface area is 86.4 Å². The largest absolute Gasteiger partial charge is 0.462 e. The van der Waals surface area contributed by atoms with E-state index in [1.165, 1.54) is 0 Å². The molecule has 0 spiro atoms. The molecule has 0 saturated carbocycles. The summed E-state index contributed by atoms with van der Waals surface area (Å²) in [5, 5.41) is 0. The van der Waals surface area contributed by atoms with Crippen molar-refractivity contribution in [3.8, 4) is 0 Å². The molecule has 0 heterocycles. The first kappa shape index (κ1) is 12.4. The lowest BCUT2D eigenvalue weighted by atomic mass is 10.5. The Hall–Kier alpha value is -0.550. The highest BCUT2D eigenvalue weighted by molar-refractivity contribution is 9.10. The van der Waals surface area contributed by atoms with Crippen LogP contribution in [0.3, 0.4) is 0 Å². The number of ether oxygens (including phenoxy) is 1. The minimum atomic E-state index is -0.293. The Morgan fingerprint density at radius 2 is 2.23 bits per heavy atom. The van der Waals surface area contributed by atoms with Crippen LogP contribution in [0.15, 0.2) is 12.3 Å². The van der Waals surface area contributed by atoms with Crippen LogP contribution in [0.1, 0.15) is 13.8 Å². The predicted octanol–water partition coefficient (Wildman–Crippen LogP) is 1.37. The summed E-state index contributed by atoms with van der Waals surface area (Å²) in [4.78, 5) is 15.5. The fourth-order valence-electron chi connectivity index (χ4n) is 0.473. The van der Waals surface area contributed by atoms with Crippen LogP contribution in [0.25, 0.3) is 0 Å². The van der Waals surface area contributed by atoms with Crippen molar-refractivity contribution in [3.05, 3.63) is 12.3 Å². The molecule has 5 heteroatoms. The molecule has 1 N–H and O–H groups in total. The number of nitrogens with one attached hydrogen (secondary N) is 1. The SMILES string of the molecule is C=C(C)NOCCOC(=O)C(C)Br. The van der Waals surface area contributed by atoms with Gasteiger partial charge in [0.15, 0.2) is 0 Å². The number of allylic oxidation sites excluding steroid dienone is 1. The van der Waals surface area contributed by atoms with E-state index in [4.69, 9.17) is 9.57 Å². The molecule has 1 unspecified atom stereocenters. The monoisotopic (exact) mass is 251 g/mol. The Balaban J connectivity index is 3.26. The van der Waals surface area contributed by atoms with Crippen LogP contribution < -0.4 is 5.48 Å². The molecule has 0 aliphatic heterocycles. The second kappa shape index (κ2) is 6.91. The second-order valence-corrected chi connectivity index (χ2v) is 3.89. The molecular weight excluding hydrogens is 238 g/mol. The summed E-state index contributed by atoms with van der Waals surface area (Å²) in [7, 11) is 0. The van der Waals surface area contributed by atoms with E-state index in [1.54, 1.807) is 13.8 Å². The van der Waals surface area contributed by atoms with Gasteiger partial charge in [-0.25, -0.2) is 0 Å². The highest BCUT2D eigenvalue weighted by Crippen LogP contribution is 1.99. The maximum atomic E-state index is 10.9. The van der Waals surface area contributed by atoms with Gasteiger partial charge in [0.05, 0.1) is 0 Å². The first-order valence-electron chi connectivity index (χ1n) is 3.88. The van der Waals surface area contributed by atoms with Gasteiger partial charge in [-0.05, 0) is 13.8 Å². The number of esters is 1. The Morgan fingerprint density at radius 1 is 1.62 bits per heavy atom.